The summed E-state index contributed by atoms with van der Waals surface area (Å²) < 4.78 is 5.97. The number of nitrogens with one attached hydrogen (secondary N) is 3. The van der Waals surface area contributed by atoms with Crippen LogP contribution in [-0.2, 0) is 13.0 Å². The fourth-order valence-corrected chi connectivity index (χ4v) is 4.54. The first-order chi connectivity index (χ1) is 18.7. The molecule has 0 aliphatic carbocycles. The molecule has 0 unspecified atom stereocenters. The predicted octanol–water partition coefficient (Wildman–Crippen LogP) is 6.41. The maximum Gasteiger partial charge on any atom is 0.255 e. The van der Waals surface area contributed by atoms with E-state index >= 15 is 0 Å². The van der Waals surface area contributed by atoms with Gasteiger partial charge in [-0.25, -0.2) is 4.98 Å². The summed E-state index contributed by atoms with van der Waals surface area (Å²) in [4.78, 5) is 21.8. The van der Waals surface area contributed by atoms with Crippen LogP contribution in [0.3, 0.4) is 0 Å². The first-order valence-corrected chi connectivity index (χ1v) is 12.8. The molecule has 3 N–H and O–H groups in total. The van der Waals surface area contributed by atoms with Gasteiger partial charge in [0, 0.05) is 66.7 Å². The standard InChI is InChI=1S/C31H31N5O2/c1-3-4-7-23-18-24(9-10-28(23)32-2)31(37)36-25-8-5-6-21(17-25)19-34-30-26-13-16-38-29(26)27(20-35-30)22-11-14-33-15-12-22/h4-12,14-15,17-18,20,32H,3,13,16,19H2,1-2H3,(H,34,35)(H,36,37)/b7-4+. The molecular weight excluding hydrogens is 474 g/mol. The minimum absolute atomic E-state index is 0.146. The monoisotopic (exact) mass is 505 g/mol. The van der Waals surface area contributed by atoms with E-state index in [4.69, 9.17) is 9.72 Å². The molecule has 38 heavy (non-hydrogen) atoms. The molecule has 192 valence electrons. The first-order valence-electron chi connectivity index (χ1n) is 12.8. The smallest absolute Gasteiger partial charge is 0.255 e. The molecule has 1 aliphatic rings. The van der Waals surface area contributed by atoms with Gasteiger partial charge in [-0.2, -0.15) is 0 Å². The van der Waals surface area contributed by atoms with Crippen molar-refractivity contribution >= 4 is 29.2 Å². The average Bonchev–Trinajstić information content (AvgIpc) is 3.46. The van der Waals surface area contributed by atoms with Crippen LogP contribution in [0.1, 0.15) is 40.4 Å². The summed E-state index contributed by atoms with van der Waals surface area (Å²) in [6.07, 6.45) is 11.2. The number of anilines is 3. The lowest BCUT2D eigenvalue weighted by Crippen LogP contribution is -2.13. The highest BCUT2D eigenvalue weighted by Crippen LogP contribution is 2.39. The minimum Gasteiger partial charge on any atom is -0.492 e. The van der Waals surface area contributed by atoms with Crippen molar-refractivity contribution in [1.82, 2.24) is 9.97 Å². The maximum absolute atomic E-state index is 13.0. The average molecular weight is 506 g/mol. The number of carbonyl (C=O) groups excluding carboxylic acids is 1. The van der Waals surface area contributed by atoms with Gasteiger partial charge in [0.25, 0.3) is 5.91 Å². The van der Waals surface area contributed by atoms with Crippen LogP contribution in [-0.4, -0.2) is 29.5 Å². The zero-order valence-corrected chi connectivity index (χ0v) is 21.6. The number of benzene rings is 2. The number of carbonyl (C=O) groups is 1. The molecule has 7 heteroatoms. The quantitative estimate of drug-likeness (QED) is 0.244. The van der Waals surface area contributed by atoms with Crippen molar-refractivity contribution in [2.75, 3.05) is 29.6 Å². The van der Waals surface area contributed by atoms with Crippen molar-refractivity contribution in [1.29, 1.82) is 0 Å². The van der Waals surface area contributed by atoms with Crippen LogP contribution >= 0.6 is 0 Å². The van der Waals surface area contributed by atoms with Gasteiger partial charge >= 0.3 is 0 Å². The lowest BCUT2D eigenvalue weighted by molar-refractivity contribution is 0.102. The number of nitrogens with zero attached hydrogens (tertiary/aromatic N) is 2. The van der Waals surface area contributed by atoms with Crippen molar-refractivity contribution in [3.8, 4) is 16.9 Å². The first kappa shape index (κ1) is 25.0. The van der Waals surface area contributed by atoms with Gasteiger partial charge in [0.2, 0.25) is 0 Å². The van der Waals surface area contributed by atoms with Gasteiger partial charge in [-0.05, 0) is 65.6 Å². The topological polar surface area (TPSA) is 88.2 Å². The van der Waals surface area contributed by atoms with Gasteiger partial charge in [0.1, 0.15) is 11.6 Å². The number of rotatable bonds is 9. The van der Waals surface area contributed by atoms with Gasteiger partial charge in [-0.3, -0.25) is 9.78 Å². The molecule has 0 atom stereocenters. The van der Waals surface area contributed by atoms with Gasteiger partial charge in [0.05, 0.1) is 6.61 Å². The molecule has 0 fully saturated rings. The number of amides is 1. The van der Waals surface area contributed by atoms with Gasteiger partial charge < -0.3 is 20.7 Å². The van der Waals surface area contributed by atoms with Crippen molar-refractivity contribution in [2.24, 2.45) is 0 Å². The van der Waals surface area contributed by atoms with Crippen LogP contribution in [0.5, 0.6) is 5.75 Å². The van der Waals surface area contributed by atoms with E-state index in [-0.39, 0.29) is 5.91 Å². The number of allylic oxidation sites excluding steroid dienone is 1. The summed E-state index contributed by atoms with van der Waals surface area (Å²) in [6.45, 7) is 3.30. The lowest BCUT2D eigenvalue weighted by Gasteiger charge is -2.14. The van der Waals surface area contributed by atoms with E-state index in [1.165, 1.54) is 0 Å². The van der Waals surface area contributed by atoms with Crippen molar-refractivity contribution in [3.63, 3.8) is 0 Å². The van der Waals surface area contributed by atoms with Gasteiger partial charge in [-0.1, -0.05) is 31.2 Å². The fraction of sp³-hybridized carbons (Fsp3) is 0.194. The Hall–Kier alpha value is -4.65. The Balaban J connectivity index is 1.28. The molecule has 2 aromatic carbocycles. The minimum atomic E-state index is -0.146. The molecule has 0 saturated heterocycles. The third-order valence-electron chi connectivity index (χ3n) is 6.48. The second-order valence-corrected chi connectivity index (χ2v) is 9.03. The van der Waals surface area contributed by atoms with Crippen LogP contribution in [0, 0.1) is 0 Å². The van der Waals surface area contributed by atoms with E-state index in [1.54, 1.807) is 12.4 Å². The van der Waals surface area contributed by atoms with Crippen LogP contribution in [0.15, 0.2) is 79.3 Å². The van der Waals surface area contributed by atoms with E-state index in [2.05, 4.69) is 33.9 Å². The lowest BCUT2D eigenvalue weighted by atomic mass is 10.0. The van der Waals surface area contributed by atoms with Gasteiger partial charge in [-0.15, -0.1) is 0 Å². The molecule has 4 aromatic rings. The Bertz CT molecular complexity index is 1470. The largest absolute Gasteiger partial charge is 0.492 e. The molecular formula is C31H31N5O2. The number of fused-ring (bicyclic) bond motifs is 1. The summed E-state index contributed by atoms with van der Waals surface area (Å²) >= 11 is 0. The number of hydrogen-bond donors (Lipinski definition) is 3. The van der Waals surface area contributed by atoms with Crippen LogP contribution in [0.25, 0.3) is 17.2 Å². The molecule has 1 amide bonds. The highest BCUT2D eigenvalue weighted by molar-refractivity contribution is 6.05. The number of aromatic nitrogens is 2. The Morgan fingerprint density at radius 3 is 2.79 bits per heavy atom. The van der Waals surface area contributed by atoms with Crippen molar-refractivity contribution in [3.05, 3.63) is 102 Å². The molecule has 7 nitrogen and oxygen atoms in total. The van der Waals surface area contributed by atoms with Crippen LogP contribution in [0.2, 0.25) is 0 Å². The van der Waals surface area contributed by atoms with E-state index in [9.17, 15) is 4.79 Å². The number of ether oxygens (including phenoxy) is 1. The number of pyridine rings is 2. The van der Waals surface area contributed by atoms with E-state index in [1.807, 2.05) is 73.9 Å². The SMILES string of the molecule is CC/C=C/c1cc(C(=O)Nc2cccc(CNc3ncc(-c4ccncc4)c4c3CCO4)c2)ccc1NC. The molecule has 0 bridgehead atoms. The summed E-state index contributed by atoms with van der Waals surface area (Å²) in [5.41, 5.74) is 7.46. The third kappa shape index (κ3) is 5.52. The van der Waals surface area contributed by atoms with Crippen molar-refractivity contribution < 1.29 is 9.53 Å². The predicted molar refractivity (Wildman–Crippen MR) is 154 cm³/mol. The second kappa shape index (κ2) is 11.6. The summed E-state index contributed by atoms with van der Waals surface area (Å²) in [5, 5.41) is 9.67. The zero-order valence-electron chi connectivity index (χ0n) is 21.6. The zero-order chi connectivity index (χ0) is 26.3. The van der Waals surface area contributed by atoms with Gasteiger partial charge in [0.15, 0.2) is 0 Å². The maximum atomic E-state index is 13.0. The van der Waals surface area contributed by atoms with E-state index in [0.717, 1.165) is 63.6 Å². The molecule has 2 aromatic heterocycles. The van der Waals surface area contributed by atoms with Crippen LogP contribution < -0.4 is 20.7 Å². The van der Waals surface area contributed by atoms with Crippen LogP contribution in [0.4, 0.5) is 17.2 Å². The highest BCUT2D eigenvalue weighted by Gasteiger charge is 2.22. The van der Waals surface area contributed by atoms with E-state index < -0.39 is 0 Å². The summed E-state index contributed by atoms with van der Waals surface area (Å²) in [7, 11) is 1.88. The molecule has 1 aliphatic heterocycles. The molecule has 0 saturated carbocycles. The molecule has 0 radical (unpaired) electrons. The Labute approximate surface area is 223 Å². The summed E-state index contributed by atoms with van der Waals surface area (Å²) in [5.74, 6) is 1.56. The highest BCUT2D eigenvalue weighted by atomic mass is 16.5. The van der Waals surface area contributed by atoms with E-state index in [0.29, 0.717) is 18.7 Å². The second-order valence-electron chi connectivity index (χ2n) is 9.03. The number of hydrogen-bond acceptors (Lipinski definition) is 6. The fourth-order valence-electron chi connectivity index (χ4n) is 4.54. The molecule has 5 rings (SSSR count). The Kier molecular flexibility index (Phi) is 7.64. The Morgan fingerprint density at radius 2 is 1.97 bits per heavy atom. The molecule has 3 heterocycles. The normalized spacial score (nSPS) is 12.2. The molecule has 0 spiro atoms. The van der Waals surface area contributed by atoms with Crippen molar-refractivity contribution in [2.45, 2.75) is 26.3 Å². The third-order valence-corrected chi connectivity index (χ3v) is 6.48. The summed E-state index contributed by atoms with van der Waals surface area (Å²) in [6, 6.07) is 17.4. The Morgan fingerprint density at radius 1 is 1.11 bits per heavy atom.